The van der Waals surface area contributed by atoms with E-state index < -0.39 is 11.9 Å². The maximum Gasteiger partial charge on any atom is 0.308 e. The number of nitrogens with one attached hydrogen (secondary N) is 1. The van der Waals surface area contributed by atoms with Crippen LogP contribution in [-0.2, 0) is 9.59 Å². The second-order valence-corrected chi connectivity index (χ2v) is 6.02. The zero-order valence-corrected chi connectivity index (χ0v) is 11.8. The average Bonchev–Trinajstić information content (AvgIpc) is 2.81. The predicted octanol–water partition coefficient (Wildman–Crippen LogP) is 0.945. The standard InChI is InChI=1S/C14H24N2O3/c1-3-14(4-6-15-7-5-14)13(19)16-8-10(2)11(9-16)12(17)18/h10-11,15H,3-9H2,1-2H3,(H,17,18)/t10-,11-/m1/s1. The number of nitrogens with zero attached hydrogens (tertiary/aromatic N) is 1. The second-order valence-electron chi connectivity index (χ2n) is 6.02. The minimum Gasteiger partial charge on any atom is -0.481 e. The van der Waals surface area contributed by atoms with Gasteiger partial charge in [0, 0.05) is 13.1 Å². The molecule has 5 nitrogen and oxygen atoms in total. The van der Waals surface area contributed by atoms with Gasteiger partial charge in [-0.2, -0.15) is 0 Å². The molecule has 19 heavy (non-hydrogen) atoms. The summed E-state index contributed by atoms with van der Waals surface area (Å²) in [5.41, 5.74) is -0.266. The van der Waals surface area contributed by atoms with Crippen LogP contribution in [0.2, 0.25) is 0 Å². The van der Waals surface area contributed by atoms with E-state index in [1.54, 1.807) is 4.90 Å². The first-order valence-electron chi connectivity index (χ1n) is 7.23. The quantitative estimate of drug-likeness (QED) is 0.799. The highest BCUT2D eigenvalue weighted by Crippen LogP contribution is 2.37. The highest BCUT2D eigenvalue weighted by Gasteiger charge is 2.45. The maximum absolute atomic E-state index is 12.8. The molecule has 2 saturated heterocycles. The van der Waals surface area contributed by atoms with E-state index in [1.165, 1.54) is 0 Å². The highest BCUT2D eigenvalue weighted by atomic mass is 16.4. The molecule has 2 aliphatic heterocycles. The molecule has 2 N–H and O–H groups in total. The molecule has 2 heterocycles. The van der Waals surface area contributed by atoms with E-state index in [0.29, 0.717) is 13.1 Å². The minimum atomic E-state index is -0.779. The van der Waals surface area contributed by atoms with Gasteiger partial charge in [0.05, 0.1) is 11.3 Å². The van der Waals surface area contributed by atoms with Crippen LogP contribution in [0.25, 0.3) is 0 Å². The number of piperidine rings is 1. The summed E-state index contributed by atoms with van der Waals surface area (Å²) in [7, 11) is 0. The lowest BCUT2D eigenvalue weighted by Gasteiger charge is -2.38. The van der Waals surface area contributed by atoms with E-state index in [4.69, 9.17) is 5.11 Å². The molecule has 1 amide bonds. The Morgan fingerprint density at radius 2 is 1.95 bits per heavy atom. The number of carboxylic acid groups (broad SMARTS) is 1. The van der Waals surface area contributed by atoms with Crippen molar-refractivity contribution in [3.05, 3.63) is 0 Å². The summed E-state index contributed by atoms with van der Waals surface area (Å²) < 4.78 is 0. The third-order valence-electron chi connectivity index (χ3n) is 4.91. The SMILES string of the molecule is CCC1(C(=O)N2C[C@@H](C)[C@H](C(=O)O)C2)CCNCC1. The monoisotopic (exact) mass is 268 g/mol. The summed E-state index contributed by atoms with van der Waals surface area (Å²) in [5.74, 6) is -0.956. The normalized spacial score (nSPS) is 30.3. The lowest BCUT2D eigenvalue weighted by molar-refractivity contribution is -0.144. The van der Waals surface area contributed by atoms with Crippen LogP contribution in [0.1, 0.15) is 33.1 Å². The molecule has 0 aromatic heterocycles. The third-order valence-corrected chi connectivity index (χ3v) is 4.91. The molecular weight excluding hydrogens is 244 g/mol. The number of carbonyl (C=O) groups excluding carboxylic acids is 1. The molecule has 2 rings (SSSR count). The van der Waals surface area contributed by atoms with Crippen LogP contribution in [0.3, 0.4) is 0 Å². The van der Waals surface area contributed by atoms with E-state index >= 15 is 0 Å². The van der Waals surface area contributed by atoms with Crippen molar-refractivity contribution in [2.24, 2.45) is 17.3 Å². The lowest BCUT2D eigenvalue weighted by atomic mass is 9.75. The van der Waals surface area contributed by atoms with Gasteiger partial charge in [0.1, 0.15) is 0 Å². The number of aliphatic carboxylic acids is 1. The molecule has 5 heteroatoms. The molecule has 2 atom stereocenters. The van der Waals surface area contributed by atoms with Crippen molar-refractivity contribution in [3.63, 3.8) is 0 Å². The summed E-state index contributed by atoms with van der Waals surface area (Å²) in [6, 6.07) is 0. The molecule has 0 spiro atoms. The minimum absolute atomic E-state index is 0.0528. The molecule has 0 aromatic carbocycles. The average molecular weight is 268 g/mol. The van der Waals surface area contributed by atoms with Crippen molar-refractivity contribution in [3.8, 4) is 0 Å². The highest BCUT2D eigenvalue weighted by molar-refractivity contribution is 5.84. The fourth-order valence-corrected chi connectivity index (χ4v) is 3.41. The van der Waals surface area contributed by atoms with Gasteiger partial charge in [-0.25, -0.2) is 0 Å². The Bertz CT molecular complexity index is 364. The Morgan fingerprint density at radius 3 is 2.42 bits per heavy atom. The molecule has 0 unspecified atom stereocenters. The largest absolute Gasteiger partial charge is 0.481 e. The maximum atomic E-state index is 12.8. The van der Waals surface area contributed by atoms with Crippen molar-refractivity contribution < 1.29 is 14.7 Å². The summed E-state index contributed by atoms with van der Waals surface area (Å²) in [6.07, 6.45) is 2.58. The van der Waals surface area contributed by atoms with E-state index in [9.17, 15) is 9.59 Å². The van der Waals surface area contributed by atoms with Crippen LogP contribution in [-0.4, -0.2) is 48.1 Å². The number of amides is 1. The van der Waals surface area contributed by atoms with Gasteiger partial charge in [0.2, 0.25) is 5.91 Å². The Balaban J connectivity index is 2.09. The van der Waals surface area contributed by atoms with Crippen molar-refractivity contribution in [2.45, 2.75) is 33.1 Å². The number of likely N-dealkylation sites (tertiary alicyclic amines) is 1. The molecule has 0 aliphatic carbocycles. The first-order valence-corrected chi connectivity index (χ1v) is 7.23. The topological polar surface area (TPSA) is 69.6 Å². The van der Waals surface area contributed by atoms with E-state index in [0.717, 1.165) is 32.4 Å². The number of carbonyl (C=O) groups is 2. The zero-order chi connectivity index (χ0) is 14.0. The van der Waals surface area contributed by atoms with Gasteiger partial charge in [0.25, 0.3) is 0 Å². The van der Waals surface area contributed by atoms with Gasteiger partial charge in [-0.3, -0.25) is 9.59 Å². The molecule has 0 radical (unpaired) electrons. The third kappa shape index (κ3) is 2.61. The fourth-order valence-electron chi connectivity index (χ4n) is 3.41. The van der Waals surface area contributed by atoms with Gasteiger partial charge < -0.3 is 15.3 Å². The zero-order valence-electron chi connectivity index (χ0n) is 11.8. The Hall–Kier alpha value is -1.10. The van der Waals surface area contributed by atoms with Gasteiger partial charge in [-0.05, 0) is 38.3 Å². The van der Waals surface area contributed by atoms with Crippen LogP contribution < -0.4 is 5.32 Å². The van der Waals surface area contributed by atoms with Crippen LogP contribution in [0.15, 0.2) is 0 Å². The summed E-state index contributed by atoms with van der Waals surface area (Å²) in [6.45, 7) is 6.72. The van der Waals surface area contributed by atoms with E-state index in [2.05, 4.69) is 12.2 Å². The predicted molar refractivity (Wildman–Crippen MR) is 71.7 cm³/mol. The Morgan fingerprint density at radius 1 is 1.32 bits per heavy atom. The van der Waals surface area contributed by atoms with Crippen LogP contribution in [0.5, 0.6) is 0 Å². The molecule has 2 fully saturated rings. The van der Waals surface area contributed by atoms with Crippen molar-refractivity contribution in [1.29, 1.82) is 0 Å². The molecule has 2 aliphatic rings. The summed E-state index contributed by atoms with van der Waals surface area (Å²) in [5, 5.41) is 12.5. The number of hydrogen-bond donors (Lipinski definition) is 2. The molecule has 108 valence electrons. The van der Waals surface area contributed by atoms with Crippen molar-refractivity contribution >= 4 is 11.9 Å². The number of rotatable bonds is 3. The fraction of sp³-hybridized carbons (Fsp3) is 0.857. The Kier molecular flexibility index (Phi) is 4.13. The van der Waals surface area contributed by atoms with Crippen LogP contribution >= 0.6 is 0 Å². The summed E-state index contributed by atoms with van der Waals surface area (Å²) >= 11 is 0. The molecular formula is C14H24N2O3. The lowest BCUT2D eigenvalue weighted by Crippen LogP contribution is -2.48. The van der Waals surface area contributed by atoms with Gasteiger partial charge in [-0.1, -0.05) is 13.8 Å². The van der Waals surface area contributed by atoms with Crippen LogP contribution in [0.4, 0.5) is 0 Å². The van der Waals surface area contributed by atoms with Gasteiger partial charge in [0.15, 0.2) is 0 Å². The first-order chi connectivity index (χ1) is 9.00. The van der Waals surface area contributed by atoms with Crippen molar-refractivity contribution in [2.75, 3.05) is 26.2 Å². The molecule has 0 aromatic rings. The van der Waals surface area contributed by atoms with E-state index in [-0.39, 0.29) is 17.2 Å². The van der Waals surface area contributed by atoms with Crippen LogP contribution in [0, 0.1) is 17.3 Å². The summed E-state index contributed by atoms with van der Waals surface area (Å²) in [4.78, 5) is 25.7. The van der Waals surface area contributed by atoms with Gasteiger partial charge in [-0.15, -0.1) is 0 Å². The smallest absolute Gasteiger partial charge is 0.308 e. The van der Waals surface area contributed by atoms with Crippen molar-refractivity contribution in [1.82, 2.24) is 10.2 Å². The molecule has 0 saturated carbocycles. The van der Waals surface area contributed by atoms with Gasteiger partial charge >= 0.3 is 5.97 Å². The Labute approximate surface area is 114 Å². The molecule has 0 bridgehead atoms. The van der Waals surface area contributed by atoms with E-state index in [1.807, 2.05) is 6.92 Å². The first kappa shape index (κ1) is 14.3. The number of hydrogen-bond acceptors (Lipinski definition) is 3. The number of carboxylic acids is 1. The second kappa shape index (κ2) is 5.49.